The fourth-order valence-electron chi connectivity index (χ4n) is 4.95. The Labute approximate surface area is 136 Å². The van der Waals surface area contributed by atoms with Gasteiger partial charge < -0.3 is 18.4 Å². The average Bonchev–Trinajstić information content (AvgIpc) is 2.51. The van der Waals surface area contributed by atoms with Crippen molar-refractivity contribution in [1.82, 2.24) is 0 Å². The molecule has 22 heavy (non-hydrogen) atoms. The first kappa shape index (κ1) is 16.7. The van der Waals surface area contributed by atoms with E-state index in [-0.39, 0.29) is 0 Å². The molecule has 0 spiro atoms. The summed E-state index contributed by atoms with van der Waals surface area (Å²) in [6, 6.07) is 0.871. The van der Waals surface area contributed by atoms with Gasteiger partial charge in [0, 0.05) is 12.3 Å². The Kier molecular flexibility index (Phi) is 5.43. The van der Waals surface area contributed by atoms with E-state index >= 15 is 0 Å². The van der Waals surface area contributed by atoms with E-state index in [1.165, 1.54) is 49.7 Å². The third kappa shape index (κ3) is 3.84. The van der Waals surface area contributed by atoms with Gasteiger partial charge in [0.25, 0.3) is 0 Å². The Bertz CT molecular complexity index is 353. The van der Waals surface area contributed by atoms with Crippen LogP contribution in [-0.2, 0) is 9.47 Å². The number of rotatable bonds is 5. The molecule has 0 aromatic rings. The summed E-state index contributed by atoms with van der Waals surface area (Å²) in [5, 5.41) is 0. The highest BCUT2D eigenvalue weighted by Gasteiger charge is 2.43. The zero-order valence-corrected chi connectivity index (χ0v) is 14.8. The number of ether oxygens (including phenoxy) is 2. The van der Waals surface area contributed by atoms with Crippen LogP contribution in [0.1, 0.15) is 32.1 Å². The van der Waals surface area contributed by atoms with Gasteiger partial charge in [-0.3, -0.25) is 0 Å². The van der Waals surface area contributed by atoms with Crippen molar-refractivity contribution < 1.29 is 18.4 Å². The molecule has 0 saturated carbocycles. The first-order valence-electron chi connectivity index (χ1n) is 9.45. The van der Waals surface area contributed by atoms with E-state index in [1.807, 2.05) is 0 Å². The van der Waals surface area contributed by atoms with Crippen molar-refractivity contribution in [3.63, 3.8) is 0 Å². The molecule has 4 nitrogen and oxygen atoms in total. The summed E-state index contributed by atoms with van der Waals surface area (Å²) in [6.07, 6.45) is 7.07. The highest BCUT2D eigenvalue weighted by molar-refractivity contribution is 4.78. The molecule has 3 aliphatic rings. The summed E-state index contributed by atoms with van der Waals surface area (Å²) in [6.45, 7) is 9.97. The Morgan fingerprint density at radius 3 is 2.55 bits per heavy atom. The highest BCUT2D eigenvalue weighted by atomic mass is 16.5. The van der Waals surface area contributed by atoms with Crippen molar-refractivity contribution >= 4 is 0 Å². The fraction of sp³-hybridized carbons (Fsp3) is 1.00. The van der Waals surface area contributed by atoms with Gasteiger partial charge in [-0.25, -0.2) is 0 Å². The largest absolute Gasteiger partial charge is 0.375 e. The molecule has 3 rings (SSSR count). The highest BCUT2D eigenvalue weighted by Crippen LogP contribution is 2.36. The van der Waals surface area contributed by atoms with Crippen molar-refractivity contribution in [2.24, 2.45) is 5.92 Å². The lowest BCUT2D eigenvalue weighted by molar-refractivity contribution is -0.947. The van der Waals surface area contributed by atoms with Crippen molar-refractivity contribution in [2.75, 3.05) is 73.2 Å². The molecule has 0 radical (unpaired) electrons. The SMILES string of the molecule is C[N+]1(CCOC[C@@H]2CCC[N+]3(C)CCCC[C@@H]23)CCOCC1. The van der Waals surface area contributed by atoms with Gasteiger partial charge in [-0.2, -0.15) is 0 Å². The number of likely N-dealkylation sites (N-methyl/N-ethyl adjacent to an activating group) is 1. The van der Waals surface area contributed by atoms with E-state index in [0.29, 0.717) is 0 Å². The Hall–Kier alpha value is -0.160. The molecule has 0 aliphatic carbocycles. The van der Waals surface area contributed by atoms with Crippen LogP contribution in [0.4, 0.5) is 0 Å². The number of hydrogen-bond donors (Lipinski definition) is 0. The van der Waals surface area contributed by atoms with Gasteiger partial charge in [0.15, 0.2) is 0 Å². The topological polar surface area (TPSA) is 18.5 Å². The summed E-state index contributed by atoms with van der Waals surface area (Å²) in [5.41, 5.74) is 0. The number of fused-ring (bicyclic) bond motifs is 1. The lowest BCUT2D eigenvalue weighted by atomic mass is 9.82. The molecule has 0 bridgehead atoms. The molecule has 3 heterocycles. The van der Waals surface area contributed by atoms with Crippen molar-refractivity contribution in [3.05, 3.63) is 0 Å². The second-order valence-corrected chi connectivity index (χ2v) is 8.37. The van der Waals surface area contributed by atoms with Crippen LogP contribution < -0.4 is 0 Å². The standard InChI is InChI=1S/C18H36N2O2/c1-19(10-13-21-14-11-19)12-15-22-16-17-6-5-9-20(2)8-4-3-7-18(17)20/h17-18H,3-16H2,1-2H3/q+2/t17-,18-,20?/m0/s1. The molecule has 3 saturated heterocycles. The number of morpholine rings is 1. The van der Waals surface area contributed by atoms with Gasteiger partial charge in [-0.05, 0) is 25.7 Å². The predicted molar refractivity (Wildman–Crippen MR) is 88.7 cm³/mol. The summed E-state index contributed by atoms with van der Waals surface area (Å²) in [5.74, 6) is 0.800. The number of quaternary nitrogens is 2. The number of nitrogens with zero attached hydrogens (tertiary/aromatic N) is 2. The maximum atomic E-state index is 6.17. The molecule has 1 unspecified atom stereocenters. The van der Waals surface area contributed by atoms with Gasteiger partial charge in [0.2, 0.25) is 0 Å². The molecular formula is C18H36N2O2+2. The van der Waals surface area contributed by atoms with E-state index < -0.39 is 0 Å². The molecule has 4 heteroatoms. The first-order valence-corrected chi connectivity index (χ1v) is 9.45. The van der Waals surface area contributed by atoms with Crippen LogP contribution in [-0.4, -0.2) is 88.3 Å². The average molecular weight is 312 g/mol. The third-order valence-electron chi connectivity index (χ3n) is 6.67. The second-order valence-electron chi connectivity index (χ2n) is 8.37. The Morgan fingerprint density at radius 1 is 0.955 bits per heavy atom. The van der Waals surface area contributed by atoms with Crippen LogP contribution in [0.15, 0.2) is 0 Å². The summed E-state index contributed by atoms with van der Waals surface area (Å²) < 4.78 is 14.1. The molecule has 0 N–H and O–H groups in total. The van der Waals surface area contributed by atoms with Crippen LogP contribution in [0.5, 0.6) is 0 Å². The van der Waals surface area contributed by atoms with Crippen LogP contribution in [0.2, 0.25) is 0 Å². The lowest BCUT2D eigenvalue weighted by Crippen LogP contribution is -2.61. The minimum absolute atomic E-state index is 0.800. The minimum atomic E-state index is 0.800. The Morgan fingerprint density at radius 2 is 1.73 bits per heavy atom. The minimum Gasteiger partial charge on any atom is -0.375 e. The summed E-state index contributed by atoms with van der Waals surface area (Å²) in [7, 11) is 4.84. The molecule has 3 aliphatic heterocycles. The van der Waals surface area contributed by atoms with E-state index in [4.69, 9.17) is 9.47 Å². The van der Waals surface area contributed by atoms with E-state index in [0.717, 1.165) is 62.5 Å². The molecule has 0 amide bonds. The van der Waals surface area contributed by atoms with Gasteiger partial charge in [-0.1, -0.05) is 0 Å². The smallest absolute Gasteiger partial charge is 0.102 e. The Balaban J connectivity index is 1.43. The fourth-order valence-corrected chi connectivity index (χ4v) is 4.95. The van der Waals surface area contributed by atoms with Crippen LogP contribution >= 0.6 is 0 Å². The quantitative estimate of drug-likeness (QED) is 0.570. The molecule has 128 valence electrons. The van der Waals surface area contributed by atoms with Gasteiger partial charge >= 0.3 is 0 Å². The molecular weight excluding hydrogens is 276 g/mol. The van der Waals surface area contributed by atoms with E-state index in [2.05, 4.69) is 14.1 Å². The van der Waals surface area contributed by atoms with Crippen LogP contribution in [0.3, 0.4) is 0 Å². The van der Waals surface area contributed by atoms with Crippen LogP contribution in [0, 0.1) is 5.92 Å². The summed E-state index contributed by atoms with van der Waals surface area (Å²) in [4.78, 5) is 0. The zero-order chi connectivity index (χ0) is 15.5. The van der Waals surface area contributed by atoms with Crippen molar-refractivity contribution in [2.45, 2.75) is 38.1 Å². The monoisotopic (exact) mass is 312 g/mol. The summed E-state index contributed by atoms with van der Waals surface area (Å²) >= 11 is 0. The molecule has 0 aromatic carbocycles. The van der Waals surface area contributed by atoms with Gasteiger partial charge in [0.1, 0.15) is 19.6 Å². The first-order chi connectivity index (χ1) is 10.6. The zero-order valence-electron chi connectivity index (χ0n) is 14.8. The molecule has 3 fully saturated rings. The third-order valence-corrected chi connectivity index (χ3v) is 6.67. The van der Waals surface area contributed by atoms with Crippen molar-refractivity contribution in [1.29, 1.82) is 0 Å². The number of piperidine rings is 2. The van der Waals surface area contributed by atoms with E-state index in [1.54, 1.807) is 0 Å². The molecule has 0 aromatic heterocycles. The predicted octanol–water partition coefficient (Wildman–Crippen LogP) is 1.89. The van der Waals surface area contributed by atoms with E-state index in [9.17, 15) is 0 Å². The maximum Gasteiger partial charge on any atom is 0.102 e. The normalized spacial score (nSPS) is 38.5. The molecule has 3 atom stereocenters. The lowest BCUT2D eigenvalue weighted by Gasteiger charge is -2.51. The number of hydrogen-bond acceptors (Lipinski definition) is 2. The van der Waals surface area contributed by atoms with Crippen molar-refractivity contribution in [3.8, 4) is 0 Å². The second kappa shape index (κ2) is 7.16. The maximum absolute atomic E-state index is 6.17. The van der Waals surface area contributed by atoms with Gasteiger partial charge in [-0.15, -0.1) is 0 Å². The van der Waals surface area contributed by atoms with Crippen LogP contribution in [0.25, 0.3) is 0 Å². The van der Waals surface area contributed by atoms with Gasteiger partial charge in [0.05, 0.1) is 59.7 Å².